The summed E-state index contributed by atoms with van der Waals surface area (Å²) in [5, 5.41) is 4.94. The predicted molar refractivity (Wildman–Crippen MR) is 101 cm³/mol. The van der Waals surface area contributed by atoms with Crippen molar-refractivity contribution < 1.29 is 36.7 Å². The minimum Gasteiger partial charge on any atom is -0.484 e. The lowest BCUT2D eigenvalue weighted by Crippen LogP contribution is -2.42. The summed E-state index contributed by atoms with van der Waals surface area (Å²) in [6.07, 6.45) is -4.47. The van der Waals surface area contributed by atoms with Crippen molar-refractivity contribution in [3.8, 4) is 5.75 Å². The Morgan fingerprint density at radius 2 is 1.71 bits per heavy atom. The summed E-state index contributed by atoms with van der Waals surface area (Å²) in [5.74, 6) is -1.93. The van der Waals surface area contributed by atoms with E-state index < -0.39 is 48.5 Å². The minimum absolute atomic E-state index is 0.0421. The fourth-order valence-corrected chi connectivity index (χ4v) is 2.96. The van der Waals surface area contributed by atoms with Crippen LogP contribution in [0.1, 0.15) is 12.5 Å². The SMILES string of the molecule is CC1(c2ccc(F)cc2)NC(=O)N(CC(=O)Nc2ccc(OCC(F)(F)F)cc2)C1=O. The molecule has 0 aromatic heterocycles. The van der Waals surface area contributed by atoms with Crippen LogP contribution in [0.4, 0.5) is 28.0 Å². The van der Waals surface area contributed by atoms with Crippen molar-refractivity contribution in [2.24, 2.45) is 0 Å². The number of rotatable bonds is 6. The number of ether oxygens (including phenoxy) is 1. The number of hydrogen-bond acceptors (Lipinski definition) is 4. The van der Waals surface area contributed by atoms with Gasteiger partial charge in [-0.05, 0) is 48.9 Å². The lowest BCUT2D eigenvalue weighted by atomic mass is 9.92. The highest BCUT2D eigenvalue weighted by Gasteiger charge is 2.49. The molecule has 0 saturated carbocycles. The fraction of sp³-hybridized carbons (Fsp3) is 0.250. The van der Waals surface area contributed by atoms with Crippen molar-refractivity contribution in [1.82, 2.24) is 10.2 Å². The van der Waals surface area contributed by atoms with Crippen LogP contribution in [0.2, 0.25) is 0 Å². The van der Waals surface area contributed by atoms with Gasteiger partial charge in [0.15, 0.2) is 6.61 Å². The van der Waals surface area contributed by atoms with Crippen molar-refractivity contribution in [2.75, 3.05) is 18.5 Å². The Morgan fingerprint density at radius 3 is 2.29 bits per heavy atom. The van der Waals surface area contributed by atoms with Crippen LogP contribution in [0.5, 0.6) is 5.75 Å². The Morgan fingerprint density at radius 1 is 1.10 bits per heavy atom. The van der Waals surface area contributed by atoms with E-state index in [2.05, 4.69) is 15.4 Å². The van der Waals surface area contributed by atoms with E-state index in [1.807, 2.05) is 0 Å². The van der Waals surface area contributed by atoms with Gasteiger partial charge < -0.3 is 15.4 Å². The van der Waals surface area contributed by atoms with Crippen molar-refractivity contribution in [1.29, 1.82) is 0 Å². The van der Waals surface area contributed by atoms with Gasteiger partial charge >= 0.3 is 12.2 Å². The number of imide groups is 1. The van der Waals surface area contributed by atoms with E-state index >= 15 is 0 Å². The number of nitrogens with one attached hydrogen (secondary N) is 2. The largest absolute Gasteiger partial charge is 0.484 e. The third-order valence-electron chi connectivity index (χ3n) is 4.54. The van der Waals surface area contributed by atoms with Crippen LogP contribution < -0.4 is 15.4 Å². The van der Waals surface area contributed by atoms with Crippen molar-refractivity contribution in [3.05, 3.63) is 59.9 Å². The van der Waals surface area contributed by atoms with Gasteiger partial charge in [-0.3, -0.25) is 14.5 Å². The third kappa shape index (κ3) is 5.11. The molecule has 7 nitrogen and oxygen atoms in total. The molecule has 1 aliphatic rings. The quantitative estimate of drug-likeness (QED) is 0.535. The summed E-state index contributed by atoms with van der Waals surface area (Å²) in [6, 6.07) is 9.34. The number of urea groups is 1. The molecule has 0 aliphatic carbocycles. The van der Waals surface area contributed by atoms with E-state index in [-0.39, 0.29) is 11.4 Å². The highest BCUT2D eigenvalue weighted by atomic mass is 19.4. The fourth-order valence-electron chi connectivity index (χ4n) is 2.96. The molecule has 0 bridgehead atoms. The molecule has 11 heteroatoms. The molecule has 4 amide bonds. The first-order chi connectivity index (χ1) is 14.5. The molecule has 164 valence electrons. The van der Waals surface area contributed by atoms with Crippen LogP contribution in [-0.4, -0.2) is 42.1 Å². The second-order valence-corrected chi connectivity index (χ2v) is 6.93. The zero-order valence-corrected chi connectivity index (χ0v) is 16.1. The molecule has 0 radical (unpaired) electrons. The number of amides is 4. The Balaban J connectivity index is 1.62. The number of anilines is 1. The molecule has 0 spiro atoms. The third-order valence-corrected chi connectivity index (χ3v) is 4.54. The van der Waals surface area contributed by atoms with Gasteiger partial charge in [-0.2, -0.15) is 13.2 Å². The Labute approximate surface area is 174 Å². The van der Waals surface area contributed by atoms with Gasteiger partial charge in [0.25, 0.3) is 5.91 Å². The average molecular weight is 439 g/mol. The molecular weight excluding hydrogens is 422 g/mol. The van der Waals surface area contributed by atoms with E-state index in [1.54, 1.807) is 0 Å². The van der Waals surface area contributed by atoms with Crippen LogP contribution in [0.3, 0.4) is 0 Å². The molecule has 2 N–H and O–H groups in total. The molecule has 3 rings (SSSR count). The second kappa shape index (κ2) is 8.25. The number of halogens is 4. The van der Waals surface area contributed by atoms with Gasteiger partial charge in [-0.1, -0.05) is 12.1 Å². The first kappa shape index (κ1) is 22.1. The van der Waals surface area contributed by atoms with Gasteiger partial charge in [-0.15, -0.1) is 0 Å². The first-order valence-electron chi connectivity index (χ1n) is 8.97. The summed E-state index contributed by atoms with van der Waals surface area (Å²) in [5.41, 5.74) is -0.870. The van der Waals surface area contributed by atoms with Gasteiger partial charge in [0.1, 0.15) is 23.7 Å². The minimum atomic E-state index is -4.47. The van der Waals surface area contributed by atoms with Crippen molar-refractivity contribution in [2.45, 2.75) is 18.6 Å². The summed E-state index contributed by atoms with van der Waals surface area (Å²) in [7, 11) is 0. The Bertz CT molecular complexity index is 993. The highest BCUT2D eigenvalue weighted by molar-refractivity contribution is 6.10. The average Bonchev–Trinajstić information content (AvgIpc) is 2.91. The normalized spacial score (nSPS) is 18.7. The summed E-state index contributed by atoms with van der Waals surface area (Å²) in [4.78, 5) is 38.0. The maximum Gasteiger partial charge on any atom is 0.422 e. The topological polar surface area (TPSA) is 87.7 Å². The van der Waals surface area contributed by atoms with Gasteiger partial charge in [0.2, 0.25) is 5.91 Å². The van der Waals surface area contributed by atoms with Crippen molar-refractivity contribution >= 4 is 23.5 Å². The maximum atomic E-state index is 13.2. The molecule has 1 atom stereocenters. The molecule has 2 aromatic carbocycles. The smallest absolute Gasteiger partial charge is 0.422 e. The van der Waals surface area contributed by atoms with E-state index in [0.717, 1.165) is 17.0 Å². The van der Waals surface area contributed by atoms with E-state index in [0.29, 0.717) is 5.56 Å². The van der Waals surface area contributed by atoms with E-state index in [4.69, 9.17) is 0 Å². The van der Waals surface area contributed by atoms with E-state index in [1.165, 1.54) is 43.3 Å². The summed E-state index contributed by atoms with van der Waals surface area (Å²) < 4.78 is 54.2. The first-order valence-corrected chi connectivity index (χ1v) is 8.97. The maximum absolute atomic E-state index is 13.2. The molecular formula is C20H17F4N3O4. The summed E-state index contributed by atoms with van der Waals surface area (Å²) in [6.45, 7) is -0.594. The monoisotopic (exact) mass is 439 g/mol. The number of alkyl halides is 3. The zero-order chi connectivity index (χ0) is 22.8. The predicted octanol–water partition coefficient (Wildman–Crippen LogP) is 3.17. The molecule has 2 aromatic rings. The molecule has 1 heterocycles. The van der Waals surface area contributed by atoms with Gasteiger partial charge in [0, 0.05) is 5.69 Å². The lowest BCUT2D eigenvalue weighted by Gasteiger charge is -2.22. The highest BCUT2D eigenvalue weighted by Crippen LogP contribution is 2.29. The van der Waals surface area contributed by atoms with Gasteiger partial charge in [-0.25, -0.2) is 9.18 Å². The molecule has 1 unspecified atom stereocenters. The Kier molecular flexibility index (Phi) is 5.87. The van der Waals surface area contributed by atoms with Crippen LogP contribution in [0.15, 0.2) is 48.5 Å². The van der Waals surface area contributed by atoms with Crippen LogP contribution in [0.25, 0.3) is 0 Å². The number of benzene rings is 2. The lowest BCUT2D eigenvalue weighted by molar-refractivity contribution is -0.153. The number of nitrogens with zero attached hydrogens (tertiary/aromatic N) is 1. The number of carbonyl (C=O) groups is 3. The van der Waals surface area contributed by atoms with Crippen LogP contribution >= 0.6 is 0 Å². The number of carbonyl (C=O) groups excluding carboxylic acids is 3. The molecule has 31 heavy (non-hydrogen) atoms. The van der Waals surface area contributed by atoms with Crippen molar-refractivity contribution in [3.63, 3.8) is 0 Å². The van der Waals surface area contributed by atoms with E-state index in [9.17, 15) is 31.9 Å². The standard InChI is InChI=1S/C20H17F4N3O4/c1-19(12-2-4-13(21)5-3-12)17(29)27(18(30)26-19)10-16(28)25-14-6-8-15(9-7-14)31-11-20(22,23)24/h2-9H,10-11H2,1H3,(H,25,28)(H,26,30). The summed E-state index contributed by atoms with van der Waals surface area (Å²) >= 11 is 0. The van der Waals surface area contributed by atoms with Gasteiger partial charge in [0.05, 0.1) is 0 Å². The van der Waals surface area contributed by atoms with Crippen LogP contribution in [0, 0.1) is 5.82 Å². The second-order valence-electron chi connectivity index (χ2n) is 6.93. The molecule has 1 fully saturated rings. The Hall–Kier alpha value is -3.63. The molecule has 1 saturated heterocycles. The van der Waals surface area contributed by atoms with Crippen LogP contribution in [-0.2, 0) is 15.1 Å². The molecule has 1 aliphatic heterocycles. The zero-order valence-electron chi connectivity index (χ0n) is 16.1. The number of hydrogen-bond donors (Lipinski definition) is 2.